The third kappa shape index (κ3) is 5.42. The van der Waals surface area contributed by atoms with Crippen molar-refractivity contribution in [2.75, 3.05) is 32.7 Å². The average molecular weight is 381 g/mol. The number of nitrogens with zero attached hydrogens (tertiary/aromatic N) is 2. The number of urea groups is 1. The van der Waals surface area contributed by atoms with Crippen molar-refractivity contribution < 1.29 is 9.18 Å². The van der Waals surface area contributed by atoms with E-state index in [9.17, 15) is 9.18 Å². The molecule has 1 heterocycles. The van der Waals surface area contributed by atoms with E-state index in [1.807, 2.05) is 36.9 Å². The zero-order valence-corrected chi connectivity index (χ0v) is 16.6. The van der Waals surface area contributed by atoms with E-state index in [0.717, 1.165) is 25.2 Å². The Morgan fingerprint density at radius 3 is 2.32 bits per heavy atom. The van der Waals surface area contributed by atoms with Gasteiger partial charge in [0.15, 0.2) is 0 Å². The molecule has 148 valence electrons. The Hall–Kier alpha value is -2.66. The predicted molar refractivity (Wildman–Crippen MR) is 111 cm³/mol. The first-order valence-electron chi connectivity index (χ1n) is 9.71. The minimum atomic E-state index is -0.555. The van der Waals surface area contributed by atoms with Crippen LogP contribution in [0.15, 0.2) is 60.7 Å². The smallest absolute Gasteiger partial charge is 0.318 e. The molecule has 0 saturated carbocycles. The lowest BCUT2D eigenvalue weighted by atomic mass is 9.94. The summed E-state index contributed by atoms with van der Waals surface area (Å²) < 4.78 is 13.1. The van der Waals surface area contributed by atoms with Crippen LogP contribution in [0, 0.1) is 5.82 Å². The number of hydrogen-bond acceptors (Lipinski definition) is 2. The molecule has 1 fully saturated rings. The summed E-state index contributed by atoms with van der Waals surface area (Å²) in [4.78, 5) is 16.9. The fourth-order valence-electron chi connectivity index (χ4n) is 3.32. The van der Waals surface area contributed by atoms with Crippen LogP contribution in [0.4, 0.5) is 9.18 Å². The maximum absolute atomic E-state index is 13.1. The van der Waals surface area contributed by atoms with Gasteiger partial charge < -0.3 is 10.2 Å². The van der Waals surface area contributed by atoms with Crippen LogP contribution in [0.5, 0.6) is 0 Å². The number of carbonyl (C=O) groups excluding carboxylic acids is 1. The lowest BCUT2D eigenvalue weighted by Crippen LogP contribution is -2.54. The summed E-state index contributed by atoms with van der Waals surface area (Å²) >= 11 is 0. The van der Waals surface area contributed by atoms with Gasteiger partial charge in [-0.05, 0) is 37.1 Å². The summed E-state index contributed by atoms with van der Waals surface area (Å²) in [6.07, 6.45) is 4.30. The van der Waals surface area contributed by atoms with Gasteiger partial charge in [0.1, 0.15) is 5.82 Å². The van der Waals surface area contributed by atoms with Crippen LogP contribution in [-0.2, 0) is 5.54 Å². The highest BCUT2D eigenvalue weighted by Gasteiger charge is 2.27. The van der Waals surface area contributed by atoms with E-state index in [4.69, 9.17) is 0 Å². The second-order valence-electron chi connectivity index (χ2n) is 7.66. The second kappa shape index (κ2) is 9.02. The quantitative estimate of drug-likeness (QED) is 0.846. The maximum atomic E-state index is 13.1. The van der Waals surface area contributed by atoms with Crippen LogP contribution in [-0.4, -0.2) is 48.6 Å². The molecule has 0 atom stereocenters. The number of nitrogens with one attached hydrogen (secondary N) is 1. The first-order valence-corrected chi connectivity index (χ1v) is 9.71. The monoisotopic (exact) mass is 381 g/mol. The normalized spacial score (nSPS) is 15.8. The minimum absolute atomic E-state index is 0.0752. The van der Waals surface area contributed by atoms with Gasteiger partial charge in [-0.25, -0.2) is 9.18 Å². The lowest BCUT2D eigenvalue weighted by Gasteiger charge is -2.37. The van der Waals surface area contributed by atoms with Crippen LogP contribution in [0.25, 0.3) is 6.08 Å². The van der Waals surface area contributed by atoms with Crippen LogP contribution in [0.3, 0.4) is 0 Å². The van der Waals surface area contributed by atoms with E-state index in [2.05, 4.69) is 34.5 Å². The third-order valence-corrected chi connectivity index (χ3v) is 5.12. The SMILES string of the molecule is CC(C)(NC(=O)N1CCN(C/C=C/c2ccccc2)CC1)c1ccc(F)cc1. The summed E-state index contributed by atoms with van der Waals surface area (Å²) in [6.45, 7) is 7.85. The van der Waals surface area contributed by atoms with E-state index in [1.165, 1.54) is 17.7 Å². The Labute approximate surface area is 166 Å². The number of hydrogen-bond donors (Lipinski definition) is 1. The molecular weight excluding hydrogens is 353 g/mol. The number of halogens is 1. The number of benzene rings is 2. The van der Waals surface area contributed by atoms with E-state index >= 15 is 0 Å². The van der Waals surface area contributed by atoms with E-state index in [-0.39, 0.29) is 11.8 Å². The molecule has 1 saturated heterocycles. The molecule has 1 N–H and O–H groups in total. The first-order chi connectivity index (χ1) is 13.4. The standard InChI is InChI=1S/C23H28FN3O/c1-23(2,20-10-12-21(24)13-11-20)25-22(28)27-17-15-26(16-18-27)14-6-9-19-7-4-3-5-8-19/h3-13H,14-18H2,1-2H3,(H,25,28)/b9-6+. The van der Waals surface area contributed by atoms with Crippen molar-refractivity contribution in [3.63, 3.8) is 0 Å². The van der Waals surface area contributed by atoms with Gasteiger partial charge in [0.2, 0.25) is 0 Å². The van der Waals surface area contributed by atoms with Crippen molar-refractivity contribution in [3.8, 4) is 0 Å². The number of carbonyl (C=O) groups is 1. The fraction of sp³-hybridized carbons (Fsp3) is 0.348. The molecule has 0 bridgehead atoms. The zero-order valence-electron chi connectivity index (χ0n) is 16.6. The van der Waals surface area contributed by atoms with Gasteiger partial charge in [-0.3, -0.25) is 4.90 Å². The van der Waals surface area contributed by atoms with Crippen LogP contribution < -0.4 is 5.32 Å². The largest absolute Gasteiger partial charge is 0.329 e. The molecule has 28 heavy (non-hydrogen) atoms. The molecule has 1 aliphatic heterocycles. The van der Waals surface area contributed by atoms with Crippen molar-refractivity contribution >= 4 is 12.1 Å². The summed E-state index contributed by atoms with van der Waals surface area (Å²) in [7, 11) is 0. The molecular formula is C23H28FN3O. The van der Waals surface area contributed by atoms with Crippen LogP contribution in [0.1, 0.15) is 25.0 Å². The molecule has 0 aliphatic carbocycles. The van der Waals surface area contributed by atoms with Gasteiger partial charge >= 0.3 is 6.03 Å². The average Bonchev–Trinajstić information content (AvgIpc) is 2.69. The van der Waals surface area contributed by atoms with Gasteiger partial charge in [0, 0.05) is 32.7 Å². The predicted octanol–water partition coefficient (Wildman–Crippen LogP) is 4.10. The van der Waals surface area contributed by atoms with E-state index < -0.39 is 5.54 Å². The Bertz CT molecular complexity index is 794. The van der Waals surface area contributed by atoms with Gasteiger partial charge in [0.05, 0.1) is 5.54 Å². The van der Waals surface area contributed by atoms with Crippen LogP contribution >= 0.6 is 0 Å². The molecule has 0 radical (unpaired) electrons. The Kier molecular flexibility index (Phi) is 6.47. The van der Waals surface area contributed by atoms with Crippen molar-refractivity contribution in [2.45, 2.75) is 19.4 Å². The third-order valence-electron chi connectivity index (χ3n) is 5.12. The van der Waals surface area contributed by atoms with Gasteiger partial charge in [-0.1, -0.05) is 54.6 Å². The summed E-state index contributed by atoms with van der Waals surface area (Å²) in [6, 6.07) is 16.4. The summed E-state index contributed by atoms with van der Waals surface area (Å²) in [5.41, 5.74) is 1.52. The maximum Gasteiger partial charge on any atom is 0.318 e. The molecule has 2 amide bonds. The van der Waals surface area contributed by atoms with Gasteiger partial charge in [-0.2, -0.15) is 0 Å². The van der Waals surface area contributed by atoms with Gasteiger partial charge in [0.25, 0.3) is 0 Å². The summed E-state index contributed by atoms with van der Waals surface area (Å²) in [5, 5.41) is 3.07. The topological polar surface area (TPSA) is 35.6 Å². The van der Waals surface area contributed by atoms with Crippen molar-refractivity contribution in [1.29, 1.82) is 0 Å². The number of rotatable bonds is 5. The minimum Gasteiger partial charge on any atom is -0.329 e. The first kappa shape index (κ1) is 20.1. The molecule has 3 rings (SSSR count). The fourth-order valence-corrected chi connectivity index (χ4v) is 3.32. The number of piperazine rings is 1. The van der Waals surface area contributed by atoms with Crippen molar-refractivity contribution in [3.05, 3.63) is 77.6 Å². The molecule has 0 unspecified atom stereocenters. The van der Waals surface area contributed by atoms with Crippen molar-refractivity contribution in [1.82, 2.24) is 15.1 Å². The summed E-state index contributed by atoms with van der Waals surface area (Å²) in [5.74, 6) is -0.275. The van der Waals surface area contributed by atoms with Crippen molar-refractivity contribution in [2.24, 2.45) is 0 Å². The van der Waals surface area contributed by atoms with Gasteiger partial charge in [-0.15, -0.1) is 0 Å². The van der Waals surface area contributed by atoms with Crippen LogP contribution in [0.2, 0.25) is 0 Å². The number of amides is 2. The Morgan fingerprint density at radius 2 is 1.68 bits per heavy atom. The van der Waals surface area contributed by atoms with E-state index in [1.54, 1.807) is 12.1 Å². The highest BCUT2D eigenvalue weighted by atomic mass is 19.1. The zero-order chi connectivity index (χ0) is 20.0. The highest BCUT2D eigenvalue weighted by molar-refractivity contribution is 5.75. The molecule has 0 aromatic heterocycles. The lowest BCUT2D eigenvalue weighted by molar-refractivity contribution is 0.140. The molecule has 2 aromatic rings. The molecule has 1 aliphatic rings. The molecule has 4 nitrogen and oxygen atoms in total. The highest BCUT2D eigenvalue weighted by Crippen LogP contribution is 2.21. The van der Waals surface area contributed by atoms with E-state index in [0.29, 0.717) is 13.1 Å². The molecule has 0 spiro atoms. The Morgan fingerprint density at radius 1 is 1.04 bits per heavy atom. The Balaban J connectivity index is 1.47. The molecule has 2 aromatic carbocycles. The second-order valence-corrected chi connectivity index (χ2v) is 7.66. The molecule has 5 heteroatoms.